The molecule has 0 N–H and O–H groups in total. The average Bonchev–Trinajstić information content (AvgIpc) is 3.33. The van der Waals surface area contributed by atoms with E-state index in [0.717, 1.165) is 0 Å². The molecule has 0 bridgehead atoms. The van der Waals surface area contributed by atoms with E-state index >= 15 is 0 Å². The monoisotopic (exact) mass is 534 g/mol. The first-order valence-electron chi connectivity index (χ1n) is 10.2. The molecular weight excluding hydrogens is 515 g/mol. The molecule has 4 rings (SSSR count). The molecule has 0 saturated heterocycles. The number of rotatable bonds is 8. The fourth-order valence-corrected chi connectivity index (χ4v) is 7.02. The van der Waals surface area contributed by atoms with Crippen molar-refractivity contribution in [1.29, 1.82) is 0 Å². The van der Waals surface area contributed by atoms with Gasteiger partial charge in [-0.1, -0.05) is 65.7 Å². The minimum absolute atomic E-state index is 0.0211. The Kier molecular flexibility index (Phi) is 7.14. The third kappa shape index (κ3) is 5.36. The van der Waals surface area contributed by atoms with Crippen molar-refractivity contribution in [3.05, 3.63) is 113 Å². The molecule has 6 nitrogen and oxygen atoms in total. The van der Waals surface area contributed by atoms with E-state index in [1.807, 2.05) is 6.07 Å². The second-order valence-corrected chi connectivity index (χ2v) is 12.6. The van der Waals surface area contributed by atoms with E-state index in [9.17, 15) is 16.8 Å². The summed E-state index contributed by atoms with van der Waals surface area (Å²) >= 11 is 12.0. The van der Waals surface area contributed by atoms with Crippen molar-refractivity contribution in [3.8, 4) is 0 Å². The molecule has 4 aromatic rings. The van der Waals surface area contributed by atoms with Gasteiger partial charge in [-0.05, 0) is 41.5 Å². The molecule has 10 heteroatoms. The summed E-state index contributed by atoms with van der Waals surface area (Å²) in [6.45, 7) is 0.0820. The summed E-state index contributed by atoms with van der Waals surface area (Å²) in [6, 6.07) is 19.0. The van der Waals surface area contributed by atoms with Crippen molar-refractivity contribution >= 4 is 42.9 Å². The third-order valence-corrected chi connectivity index (χ3v) is 9.86. The van der Waals surface area contributed by atoms with Gasteiger partial charge in [0.05, 0.1) is 31.9 Å². The Bertz CT molecular complexity index is 1490. The molecular formula is C24H20Cl2N2O4S2. The van der Waals surface area contributed by atoms with Gasteiger partial charge < -0.3 is 4.57 Å². The molecule has 34 heavy (non-hydrogen) atoms. The molecule has 0 aliphatic rings. The first-order valence-corrected chi connectivity index (χ1v) is 14.1. The molecule has 1 heterocycles. The molecule has 1 aromatic heterocycles. The highest BCUT2D eigenvalue weighted by Gasteiger charge is 2.30. The first-order chi connectivity index (χ1) is 16.2. The predicted molar refractivity (Wildman–Crippen MR) is 132 cm³/mol. The number of hydrogen-bond donors (Lipinski definition) is 0. The van der Waals surface area contributed by atoms with Crippen molar-refractivity contribution < 1.29 is 16.8 Å². The normalized spacial score (nSPS) is 13.0. The van der Waals surface area contributed by atoms with Crippen LogP contribution in [0, 0.1) is 0 Å². The Hall–Kier alpha value is -2.65. The minimum atomic E-state index is -3.91. The lowest BCUT2D eigenvalue weighted by Crippen LogP contribution is -2.19. The Morgan fingerprint density at radius 1 is 0.824 bits per heavy atom. The Morgan fingerprint density at radius 2 is 1.50 bits per heavy atom. The average molecular weight is 535 g/mol. The van der Waals surface area contributed by atoms with Crippen molar-refractivity contribution in [2.24, 2.45) is 0 Å². The highest BCUT2D eigenvalue weighted by molar-refractivity contribution is 7.91. The SMILES string of the molecule is O=S(=O)(Cc1ccccc1)c1ccc(C(Cn2ccnc2)S(=O)(=O)c2ccc(Cl)c(Cl)c2)cc1. The summed E-state index contributed by atoms with van der Waals surface area (Å²) < 4.78 is 54.6. The van der Waals surface area contributed by atoms with E-state index in [-0.39, 0.29) is 32.1 Å². The quantitative estimate of drug-likeness (QED) is 0.303. The number of hydrogen-bond acceptors (Lipinski definition) is 5. The van der Waals surface area contributed by atoms with E-state index in [0.29, 0.717) is 11.1 Å². The van der Waals surface area contributed by atoms with Gasteiger partial charge in [0, 0.05) is 18.9 Å². The number of benzene rings is 3. The van der Waals surface area contributed by atoms with Crippen LogP contribution in [0.5, 0.6) is 0 Å². The summed E-state index contributed by atoms with van der Waals surface area (Å²) in [5, 5.41) is -0.629. The molecule has 0 aliphatic heterocycles. The van der Waals surface area contributed by atoms with E-state index in [1.165, 1.54) is 48.8 Å². The lowest BCUT2D eigenvalue weighted by molar-refractivity contribution is 0.562. The fourth-order valence-electron chi connectivity index (χ4n) is 3.55. The van der Waals surface area contributed by atoms with Gasteiger partial charge in [-0.2, -0.15) is 0 Å². The van der Waals surface area contributed by atoms with Crippen molar-refractivity contribution in [3.63, 3.8) is 0 Å². The predicted octanol–water partition coefficient (Wildman–Crippen LogP) is 5.38. The zero-order chi connectivity index (χ0) is 24.3. The maximum absolute atomic E-state index is 13.6. The molecule has 0 fully saturated rings. The van der Waals surface area contributed by atoms with Crippen molar-refractivity contribution in [2.45, 2.75) is 27.3 Å². The van der Waals surface area contributed by atoms with Crippen molar-refractivity contribution in [2.75, 3.05) is 0 Å². The largest absolute Gasteiger partial charge is 0.336 e. The first kappa shape index (κ1) is 24.5. The summed E-state index contributed by atoms with van der Waals surface area (Å²) in [6.07, 6.45) is 4.74. The van der Waals surface area contributed by atoms with Crippen LogP contribution in [-0.4, -0.2) is 26.4 Å². The van der Waals surface area contributed by atoms with E-state index in [4.69, 9.17) is 23.2 Å². The van der Waals surface area contributed by atoms with Crippen LogP contribution in [0.4, 0.5) is 0 Å². The zero-order valence-corrected chi connectivity index (χ0v) is 20.9. The second-order valence-electron chi connectivity index (χ2n) is 7.68. The van der Waals surface area contributed by atoms with Gasteiger partial charge in [0.1, 0.15) is 5.25 Å². The molecule has 0 aliphatic carbocycles. The summed E-state index contributed by atoms with van der Waals surface area (Å²) in [5.74, 6) is -0.146. The van der Waals surface area contributed by atoms with Gasteiger partial charge in [0.2, 0.25) is 0 Å². The van der Waals surface area contributed by atoms with Gasteiger partial charge in [-0.25, -0.2) is 21.8 Å². The molecule has 3 aromatic carbocycles. The highest BCUT2D eigenvalue weighted by Crippen LogP contribution is 2.34. The van der Waals surface area contributed by atoms with E-state index < -0.39 is 24.9 Å². The number of nitrogens with zero attached hydrogens (tertiary/aromatic N) is 2. The maximum atomic E-state index is 13.6. The molecule has 0 saturated carbocycles. The summed E-state index contributed by atoms with van der Waals surface area (Å²) in [5.41, 5.74) is 1.12. The number of aromatic nitrogens is 2. The van der Waals surface area contributed by atoms with Gasteiger partial charge in [-0.15, -0.1) is 0 Å². The van der Waals surface area contributed by atoms with Crippen LogP contribution in [0.15, 0.2) is 101 Å². The molecule has 1 atom stereocenters. The number of sulfone groups is 2. The smallest absolute Gasteiger partial charge is 0.187 e. The van der Waals surface area contributed by atoms with Gasteiger partial charge in [-0.3, -0.25) is 0 Å². The molecule has 1 unspecified atom stereocenters. The highest BCUT2D eigenvalue weighted by atomic mass is 35.5. The minimum Gasteiger partial charge on any atom is -0.336 e. The summed E-state index contributed by atoms with van der Waals surface area (Å²) in [7, 11) is -7.51. The van der Waals surface area contributed by atoms with E-state index in [2.05, 4.69) is 4.98 Å². The molecule has 0 spiro atoms. The van der Waals surface area contributed by atoms with Gasteiger partial charge >= 0.3 is 0 Å². The summed E-state index contributed by atoms with van der Waals surface area (Å²) in [4.78, 5) is 4.13. The van der Waals surface area contributed by atoms with Crippen LogP contribution >= 0.6 is 23.2 Å². The lowest BCUT2D eigenvalue weighted by Gasteiger charge is -2.20. The number of imidazole rings is 1. The Labute approximate surface area is 208 Å². The second kappa shape index (κ2) is 9.92. The van der Waals surface area contributed by atoms with Crippen LogP contribution in [-0.2, 0) is 32.0 Å². The van der Waals surface area contributed by atoms with Crippen LogP contribution in [0.3, 0.4) is 0 Å². The van der Waals surface area contributed by atoms with Gasteiger partial charge in [0.15, 0.2) is 19.7 Å². The van der Waals surface area contributed by atoms with Gasteiger partial charge in [0.25, 0.3) is 0 Å². The molecule has 0 radical (unpaired) electrons. The Balaban J connectivity index is 1.70. The fraction of sp³-hybridized carbons (Fsp3) is 0.125. The van der Waals surface area contributed by atoms with Crippen LogP contribution in [0.1, 0.15) is 16.4 Å². The lowest BCUT2D eigenvalue weighted by atomic mass is 10.1. The Morgan fingerprint density at radius 3 is 2.12 bits per heavy atom. The topological polar surface area (TPSA) is 86.1 Å². The standard InChI is InChI=1S/C24H20Cl2N2O4S2/c25-22-11-10-21(14-23(22)26)34(31,32)24(15-28-13-12-27-17-28)19-6-8-20(9-7-19)33(29,30)16-18-4-2-1-3-5-18/h1-14,17,24H,15-16H2. The zero-order valence-electron chi connectivity index (χ0n) is 17.8. The molecule has 0 amide bonds. The third-order valence-electron chi connectivity index (χ3n) is 5.34. The van der Waals surface area contributed by atoms with Crippen LogP contribution in [0.2, 0.25) is 10.0 Å². The van der Waals surface area contributed by atoms with E-state index in [1.54, 1.807) is 41.2 Å². The van der Waals surface area contributed by atoms with Crippen LogP contribution in [0.25, 0.3) is 0 Å². The maximum Gasteiger partial charge on any atom is 0.187 e. The number of halogens is 2. The van der Waals surface area contributed by atoms with Crippen molar-refractivity contribution in [1.82, 2.24) is 9.55 Å². The molecule has 176 valence electrons. The van der Waals surface area contributed by atoms with Crippen LogP contribution < -0.4 is 0 Å².